The standard InChI is InChI=1S/C13H28N2O2/c1-4-13(5-2,16-3)12(15-14)10-11-6-8-17-9-7-11/h11-12,15H,4-10,14H2,1-3H3. The molecule has 1 atom stereocenters. The van der Waals surface area contributed by atoms with Gasteiger partial charge < -0.3 is 9.47 Å². The Kier molecular flexibility index (Phi) is 6.41. The zero-order chi connectivity index (χ0) is 12.7. The van der Waals surface area contributed by atoms with Crippen molar-refractivity contribution in [3.8, 4) is 0 Å². The molecule has 1 unspecified atom stereocenters. The lowest BCUT2D eigenvalue weighted by Gasteiger charge is -2.40. The Hall–Kier alpha value is -0.160. The number of nitrogens with two attached hydrogens (primary N) is 1. The maximum absolute atomic E-state index is 5.76. The fraction of sp³-hybridized carbons (Fsp3) is 1.00. The molecule has 3 N–H and O–H groups in total. The summed E-state index contributed by atoms with van der Waals surface area (Å²) in [6, 6.07) is 0.227. The van der Waals surface area contributed by atoms with E-state index in [1.54, 1.807) is 7.11 Å². The third kappa shape index (κ3) is 3.65. The van der Waals surface area contributed by atoms with Crippen molar-refractivity contribution in [2.24, 2.45) is 11.8 Å². The van der Waals surface area contributed by atoms with Gasteiger partial charge in [0.05, 0.1) is 11.6 Å². The van der Waals surface area contributed by atoms with Crippen molar-refractivity contribution in [2.75, 3.05) is 20.3 Å². The zero-order valence-corrected chi connectivity index (χ0v) is 11.5. The Balaban J connectivity index is 2.61. The summed E-state index contributed by atoms with van der Waals surface area (Å²) in [5, 5.41) is 0. The molecule has 0 aliphatic carbocycles. The maximum atomic E-state index is 5.76. The van der Waals surface area contributed by atoms with Crippen molar-refractivity contribution >= 4 is 0 Å². The smallest absolute Gasteiger partial charge is 0.0839 e. The zero-order valence-electron chi connectivity index (χ0n) is 11.5. The molecule has 4 nitrogen and oxygen atoms in total. The first-order valence-corrected chi connectivity index (χ1v) is 6.81. The van der Waals surface area contributed by atoms with Crippen LogP contribution in [0.15, 0.2) is 0 Å². The molecule has 1 aliphatic heterocycles. The van der Waals surface area contributed by atoms with Crippen LogP contribution in [-0.4, -0.2) is 32.0 Å². The Morgan fingerprint density at radius 3 is 2.35 bits per heavy atom. The van der Waals surface area contributed by atoms with Gasteiger partial charge in [0.15, 0.2) is 0 Å². The van der Waals surface area contributed by atoms with Crippen LogP contribution in [0.25, 0.3) is 0 Å². The van der Waals surface area contributed by atoms with Crippen LogP contribution in [0.1, 0.15) is 46.0 Å². The van der Waals surface area contributed by atoms with Crippen LogP contribution < -0.4 is 11.3 Å². The molecule has 0 spiro atoms. The summed E-state index contributed by atoms with van der Waals surface area (Å²) >= 11 is 0. The third-order valence-corrected chi connectivity index (χ3v) is 4.35. The van der Waals surface area contributed by atoms with Gasteiger partial charge in [-0.15, -0.1) is 0 Å². The van der Waals surface area contributed by atoms with E-state index in [2.05, 4.69) is 19.3 Å². The molecular formula is C13H28N2O2. The van der Waals surface area contributed by atoms with Crippen molar-refractivity contribution in [3.63, 3.8) is 0 Å². The first kappa shape index (κ1) is 14.9. The molecule has 0 radical (unpaired) electrons. The summed E-state index contributed by atoms with van der Waals surface area (Å²) in [5.74, 6) is 6.45. The molecule has 0 bridgehead atoms. The predicted octanol–water partition coefficient (Wildman–Crippen LogP) is 1.84. The monoisotopic (exact) mass is 244 g/mol. The van der Waals surface area contributed by atoms with Crippen LogP contribution in [0.3, 0.4) is 0 Å². The van der Waals surface area contributed by atoms with Crippen LogP contribution in [0.2, 0.25) is 0 Å². The van der Waals surface area contributed by atoms with Gasteiger partial charge in [-0.05, 0) is 38.0 Å². The lowest BCUT2D eigenvalue weighted by atomic mass is 9.81. The van der Waals surface area contributed by atoms with E-state index in [-0.39, 0.29) is 11.6 Å². The van der Waals surface area contributed by atoms with Crippen molar-refractivity contribution in [3.05, 3.63) is 0 Å². The molecule has 0 aromatic rings. The quantitative estimate of drug-likeness (QED) is 0.530. The van der Waals surface area contributed by atoms with Gasteiger partial charge >= 0.3 is 0 Å². The Labute approximate surface area is 105 Å². The molecule has 0 aromatic carbocycles. The Morgan fingerprint density at radius 1 is 1.35 bits per heavy atom. The van der Waals surface area contributed by atoms with E-state index < -0.39 is 0 Å². The fourth-order valence-corrected chi connectivity index (χ4v) is 2.92. The number of nitrogens with one attached hydrogen (secondary N) is 1. The number of hydrogen-bond donors (Lipinski definition) is 2. The Bertz CT molecular complexity index is 193. The second-order valence-corrected chi connectivity index (χ2v) is 4.99. The minimum absolute atomic E-state index is 0.132. The fourth-order valence-electron chi connectivity index (χ4n) is 2.92. The second kappa shape index (κ2) is 7.31. The van der Waals surface area contributed by atoms with Gasteiger partial charge in [0.25, 0.3) is 0 Å². The minimum atomic E-state index is -0.132. The Morgan fingerprint density at radius 2 is 1.94 bits per heavy atom. The van der Waals surface area contributed by atoms with Crippen LogP contribution in [-0.2, 0) is 9.47 Å². The first-order valence-electron chi connectivity index (χ1n) is 6.81. The molecular weight excluding hydrogens is 216 g/mol. The maximum Gasteiger partial charge on any atom is 0.0839 e. The van der Waals surface area contributed by atoms with E-state index in [1.165, 1.54) is 0 Å². The molecule has 17 heavy (non-hydrogen) atoms. The van der Waals surface area contributed by atoms with Crippen molar-refractivity contribution in [1.82, 2.24) is 5.43 Å². The molecule has 0 saturated carbocycles. The van der Waals surface area contributed by atoms with E-state index in [0.29, 0.717) is 5.92 Å². The third-order valence-electron chi connectivity index (χ3n) is 4.35. The largest absolute Gasteiger partial charge is 0.381 e. The van der Waals surface area contributed by atoms with Crippen molar-refractivity contribution in [1.29, 1.82) is 0 Å². The van der Waals surface area contributed by atoms with Crippen molar-refractivity contribution in [2.45, 2.75) is 57.6 Å². The van der Waals surface area contributed by atoms with Crippen LogP contribution in [0.5, 0.6) is 0 Å². The van der Waals surface area contributed by atoms with Crippen molar-refractivity contribution < 1.29 is 9.47 Å². The second-order valence-electron chi connectivity index (χ2n) is 4.99. The lowest BCUT2D eigenvalue weighted by Crippen LogP contribution is -2.55. The van der Waals surface area contributed by atoms with E-state index in [9.17, 15) is 0 Å². The number of rotatable bonds is 7. The first-order chi connectivity index (χ1) is 8.22. The average molecular weight is 244 g/mol. The lowest BCUT2D eigenvalue weighted by molar-refractivity contribution is -0.0575. The SMILES string of the molecule is CCC(CC)(OC)C(CC1CCOCC1)NN. The molecule has 0 amide bonds. The minimum Gasteiger partial charge on any atom is -0.381 e. The van der Waals surface area contributed by atoms with Gasteiger partial charge in [-0.25, -0.2) is 0 Å². The van der Waals surface area contributed by atoms with Gasteiger partial charge in [0.1, 0.15) is 0 Å². The number of methoxy groups -OCH3 is 1. The van der Waals surface area contributed by atoms with Gasteiger partial charge in [-0.2, -0.15) is 0 Å². The molecule has 1 heterocycles. The highest BCUT2D eigenvalue weighted by Crippen LogP contribution is 2.30. The van der Waals surface area contributed by atoms with E-state index >= 15 is 0 Å². The predicted molar refractivity (Wildman–Crippen MR) is 69.6 cm³/mol. The summed E-state index contributed by atoms with van der Waals surface area (Å²) in [5.41, 5.74) is 2.85. The summed E-state index contributed by atoms with van der Waals surface area (Å²) in [7, 11) is 1.79. The highest BCUT2D eigenvalue weighted by molar-refractivity contribution is 4.91. The number of hydrazine groups is 1. The summed E-state index contributed by atoms with van der Waals surface area (Å²) in [6.07, 6.45) is 5.34. The van der Waals surface area contributed by atoms with Gasteiger partial charge in [-0.3, -0.25) is 11.3 Å². The van der Waals surface area contributed by atoms with Gasteiger partial charge in [0.2, 0.25) is 0 Å². The van der Waals surface area contributed by atoms with Crippen LogP contribution in [0.4, 0.5) is 0 Å². The van der Waals surface area contributed by atoms with Gasteiger partial charge in [-0.1, -0.05) is 13.8 Å². The number of hydrogen-bond acceptors (Lipinski definition) is 4. The molecule has 1 aliphatic rings. The summed E-state index contributed by atoms with van der Waals surface area (Å²) in [4.78, 5) is 0. The highest BCUT2D eigenvalue weighted by Gasteiger charge is 2.36. The van der Waals surface area contributed by atoms with E-state index in [1.807, 2.05) is 0 Å². The summed E-state index contributed by atoms with van der Waals surface area (Å²) < 4.78 is 11.2. The van der Waals surface area contributed by atoms with E-state index in [0.717, 1.165) is 45.3 Å². The topological polar surface area (TPSA) is 56.5 Å². The normalized spacial score (nSPS) is 20.5. The number of ether oxygens (including phenoxy) is 2. The molecule has 4 heteroatoms. The van der Waals surface area contributed by atoms with Crippen LogP contribution >= 0.6 is 0 Å². The van der Waals surface area contributed by atoms with Gasteiger partial charge in [0, 0.05) is 20.3 Å². The molecule has 0 aromatic heterocycles. The summed E-state index contributed by atoms with van der Waals surface area (Å²) in [6.45, 7) is 6.11. The molecule has 1 saturated heterocycles. The average Bonchev–Trinajstić information content (AvgIpc) is 2.41. The molecule has 102 valence electrons. The highest BCUT2D eigenvalue weighted by atomic mass is 16.5. The molecule has 1 rings (SSSR count). The molecule has 1 fully saturated rings. The van der Waals surface area contributed by atoms with Crippen LogP contribution in [0, 0.1) is 5.92 Å². The van der Waals surface area contributed by atoms with E-state index in [4.69, 9.17) is 15.3 Å².